The van der Waals surface area contributed by atoms with E-state index < -0.39 is 11.9 Å². The molecule has 1 atom stereocenters. The molecule has 4 nitrogen and oxygen atoms in total. The molecule has 0 amide bonds. The molecule has 0 spiro atoms. The summed E-state index contributed by atoms with van der Waals surface area (Å²) in [7, 11) is 0. The Morgan fingerprint density at radius 3 is 2.95 bits per heavy atom. The van der Waals surface area contributed by atoms with Gasteiger partial charge in [-0.1, -0.05) is 6.08 Å². The van der Waals surface area contributed by atoms with Crippen molar-refractivity contribution in [2.45, 2.75) is 31.4 Å². The van der Waals surface area contributed by atoms with Gasteiger partial charge in [-0.25, -0.2) is 4.98 Å². The summed E-state index contributed by atoms with van der Waals surface area (Å²) >= 11 is 0. The smallest absolute Gasteiger partial charge is 0.377 e. The molecule has 1 fully saturated rings. The third-order valence-corrected chi connectivity index (χ3v) is 4.20. The minimum Gasteiger partial charge on any atom is -0.377 e. The highest BCUT2D eigenvalue weighted by atomic mass is 19.4. The van der Waals surface area contributed by atoms with E-state index in [0.717, 1.165) is 51.7 Å². The molecule has 0 radical (unpaired) electrons. The number of nitrogens with one attached hydrogen (secondary N) is 1. The Labute approximate surface area is 127 Å². The summed E-state index contributed by atoms with van der Waals surface area (Å²) in [4.78, 5) is 8.67. The molecule has 3 heterocycles. The second-order valence-corrected chi connectivity index (χ2v) is 5.96. The number of hydrogen-bond acceptors (Lipinski definition) is 3. The molecule has 0 aromatic carbocycles. The van der Waals surface area contributed by atoms with Gasteiger partial charge in [-0.15, -0.1) is 0 Å². The maximum absolute atomic E-state index is 12.7. The zero-order valence-electron chi connectivity index (χ0n) is 12.3. The highest BCUT2D eigenvalue weighted by Gasteiger charge is 2.34. The molecule has 122 valence electrons. The second kappa shape index (κ2) is 6.42. The third-order valence-electron chi connectivity index (χ3n) is 4.20. The van der Waals surface area contributed by atoms with Crippen molar-refractivity contribution in [1.82, 2.24) is 14.9 Å². The minimum absolute atomic E-state index is 0.0370. The van der Waals surface area contributed by atoms with Crippen molar-refractivity contribution in [2.24, 2.45) is 0 Å². The van der Waals surface area contributed by atoms with Crippen LogP contribution < -0.4 is 0 Å². The number of piperidine rings is 1. The van der Waals surface area contributed by atoms with Gasteiger partial charge in [0, 0.05) is 19.0 Å². The predicted molar refractivity (Wildman–Crippen MR) is 75.5 cm³/mol. The summed E-state index contributed by atoms with van der Waals surface area (Å²) in [5.41, 5.74) is 0.505. The summed E-state index contributed by atoms with van der Waals surface area (Å²) in [6.45, 7) is 3.99. The predicted octanol–water partition coefficient (Wildman–Crippen LogP) is 2.95. The van der Waals surface area contributed by atoms with Crippen molar-refractivity contribution in [2.75, 3.05) is 32.8 Å². The highest BCUT2D eigenvalue weighted by molar-refractivity contribution is 5.11. The van der Waals surface area contributed by atoms with Crippen molar-refractivity contribution in [3.8, 4) is 0 Å². The van der Waals surface area contributed by atoms with Gasteiger partial charge in [0.2, 0.25) is 0 Å². The van der Waals surface area contributed by atoms with Crippen molar-refractivity contribution in [3.63, 3.8) is 0 Å². The molecule has 1 unspecified atom stereocenters. The average molecular weight is 315 g/mol. The van der Waals surface area contributed by atoms with Crippen LogP contribution in [0, 0.1) is 0 Å². The van der Waals surface area contributed by atoms with Gasteiger partial charge in [-0.05, 0) is 31.4 Å². The highest BCUT2D eigenvalue weighted by Crippen LogP contribution is 2.31. The van der Waals surface area contributed by atoms with Gasteiger partial charge in [0.25, 0.3) is 0 Å². The number of aromatic amines is 1. The number of aromatic nitrogens is 2. The molecular formula is C15H20F3N3O. The third kappa shape index (κ3) is 3.70. The van der Waals surface area contributed by atoms with E-state index in [9.17, 15) is 13.2 Å². The molecule has 1 aromatic rings. The Morgan fingerprint density at radius 2 is 2.27 bits per heavy atom. The number of nitrogens with zero attached hydrogens (tertiary/aromatic N) is 2. The average Bonchev–Trinajstić information content (AvgIpc) is 2.99. The molecule has 1 N–H and O–H groups in total. The van der Waals surface area contributed by atoms with E-state index in [0.29, 0.717) is 12.4 Å². The van der Waals surface area contributed by atoms with Crippen LogP contribution in [0.25, 0.3) is 0 Å². The van der Waals surface area contributed by atoms with Crippen molar-refractivity contribution < 1.29 is 17.9 Å². The van der Waals surface area contributed by atoms with Crippen LogP contribution in [0.1, 0.15) is 36.7 Å². The number of imidazole rings is 1. The number of ether oxygens (including phenoxy) is 1. The fourth-order valence-corrected chi connectivity index (χ4v) is 3.12. The molecule has 2 aliphatic rings. The zero-order valence-corrected chi connectivity index (χ0v) is 12.3. The lowest BCUT2D eigenvalue weighted by molar-refractivity contribution is -0.141. The van der Waals surface area contributed by atoms with Gasteiger partial charge in [0.1, 0.15) is 11.5 Å². The summed E-state index contributed by atoms with van der Waals surface area (Å²) in [6.07, 6.45) is 1.54. The zero-order chi connectivity index (χ0) is 15.6. The summed E-state index contributed by atoms with van der Waals surface area (Å²) in [6, 6.07) is 0. The van der Waals surface area contributed by atoms with E-state index in [1.165, 1.54) is 5.57 Å². The van der Waals surface area contributed by atoms with Crippen LogP contribution in [0.5, 0.6) is 0 Å². The van der Waals surface area contributed by atoms with Gasteiger partial charge < -0.3 is 9.72 Å². The Bertz CT molecular complexity index is 538. The van der Waals surface area contributed by atoms with Crippen LogP contribution in [0.15, 0.2) is 17.8 Å². The van der Waals surface area contributed by atoms with E-state index >= 15 is 0 Å². The monoisotopic (exact) mass is 315 g/mol. The Balaban J connectivity index is 1.62. The molecule has 0 saturated carbocycles. The minimum atomic E-state index is -4.36. The van der Waals surface area contributed by atoms with Gasteiger partial charge in [-0.2, -0.15) is 13.2 Å². The number of rotatable bonds is 3. The van der Waals surface area contributed by atoms with Crippen LogP contribution in [0.3, 0.4) is 0 Å². The largest absolute Gasteiger partial charge is 0.432 e. The summed E-state index contributed by atoms with van der Waals surface area (Å²) < 4.78 is 43.4. The maximum Gasteiger partial charge on any atom is 0.432 e. The van der Waals surface area contributed by atoms with E-state index in [4.69, 9.17) is 4.74 Å². The first-order valence-electron chi connectivity index (χ1n) is 7.62. The van der Waals surface area contributed by atoms with E-state index in [-0.39, 0.29) is 5.92 Å². The normalized spacial score (nSPS) is 24.3. The quantitative estimate of drug-likeness (QED) is 0.872. The van der Waals surface area contributed by atoms with E-state index in [1.807, 2.05) is 0 Å². The number of H-pyrrole nitrogens is 1. The standard InChI is InChI=1S/C15H20F3N3O/c16-15(17,18)13-7-19-14(20-13)12-4-1-5-21(9-12)8-11-3-2-6-22-10-11/h3,7,12H,1-2,4-6,8-10H2,(H,19,20). The fourth-order valence-electron chi connectivity index (χ4n) is 3.12. The number of alkyl halides is 3. The van der Waals surface area contributed by atoms with Crippen LogP contribution in [0.2, 0.25) is 0 Å². The van der Waals surface area contributed by atoms with Crippen LogP contribution in [-0.4, -0.2) is 47.7 Å². The number of likely N-dealkylation sites (tertiary alicyclic amines) is 1. The van der Waals surface area contributed by atoms with Crippen LogP contribution >= 0.6 is 0 Å². The van der Waals surface area contributed by atoms with Crippen molar-refractivity contribution >= 4 is 0 Å². The summed E-state index contributed by atoms with van der Waals surface area (Å²) in [5.74, 6) is 0.487. The molecule has 22 heavy (non-hydrogen) atoms. The Kier molecular flexibility index (Phi) is 4.54. The number of halogens is 3. The molecule has 0 bridgehead atoms. The lowest BCUT2D eigenvalue weighted by Gasteiger charge is -2.33. The maximum atomic E-state index is 12.7. The van der Waals surface area contributed by atoms with Gasteiger partial charge in [0.15, 0.2) is 0 Å². The SMILES string of the molecule is FC(F)(F)c1cnc(C2CCCN(CC3=CCCOC3)C2)[nH]1. The van der Waals surface area contributed by atoms with Gasteiger partial charge in [0.05, 0.1) is 19.4 Å². The van der Waals surface area contributed by atoms with E-state index in [1.54, 1.807) is 0 Å². The van der Waals surface area contributed by atoms with Gasteiger partial charge >= 0.3 is 6.18 Å². The number of hydrogen-bond donors (Lipinski definition) is 1. The van der Waals surface area contributed by atoms with Gasteiger partial charge in [-0.3, -0.25) is 4.90 Å². The molecule has 0 aliphatic carbocycles. The second-order valence-electron chi connectivity index (χ2n) is 5.96. The Hall–Kier alpha value is -1.34. The van der Waals surface area contributed by atoms with Crippen LogP contribution in [0.4, 0.5) is 13.2 Å². The van der Waals surface area contributed by atoms with E-state index in [2.05, 4.69) is 20.9 Å². The molecule has 3 rings (SSSR count). The first-order valence-corrected chi connectivity index (χ1v) is 7.62. The Morgan fingerprint density at radius 1 is 1.41 bits per heavy atom. The molecule has 7 heteroatoms. The fraction of sp³-hybridized carbons (Fsp3) is 0.667. The topological polar surface area (TPSA) is 41.2 Å². The van der Waals surface area contributed by atoms with Crippen molar-refractivity contribution in [3.05, 3.63) is 29.4 Å². The molecule has 1 saturated heterocycles. The molecular weight excluding hydrogens is 295 g/mol. The molecule has 2 aliphatic heterocycles. The van der Waals surface area contributed by atoms with Crippen LogP contribution in [-0.2, 0) is 10.9 Å². The summed E-state index contributed by atoms with van der Waals surface area (Å²) in [5, 5.41) is 0. The first kappa shape index (κ1) is 15.6. The lowest BCUT2D eigenvalue weighted by atomic mass is 9.97. The van der Waals surface area contributed by atoms with Crippen molar-refractivity contribution in [1.29, 1.82) is 0 Å². The molecule has 1 aromatic heterocycles. The first-order chi connectivity index (χ1) is 10.5. The lowest BCUT2D eigenvalue weighted by Crippen LogP contribution is -2.37.